The maximum atomic E-state index is 14.6. The molecule has 790 valence electrons. The van der Waals surface area contributed by atoms with Crippen LogP contribution in [0.2, 0.25) is 0 Å². The Kier molecular flexibility index (Phi) is 45.4. The maximum Gasteiger partial charge on any atom is 0.424 e. The third-order valence-corrected chi connectivity index (χ3v) is 69.9. The molecule has 0 aromatic heterocycles. The lowest BCUT2D eigenvalue weighted by molar-refractivity contribution is -0.134. The van der Waals surface area contributed by atoms with Crippen LogP contribution in [0, 0.1) is 0 Å². The van der Waals surface area contributed by atoms with Crippen LogP contribution in [-0.4, -0.2) is 227 Å². The molecule has 1 saturated heterocycles. The van der Waals surface area contributed by atoms with Gasteiger partial charge in [0.05, 0.1) is 0 Å². The van der Waals surface area contributed by atoms with Gasteiger partial charge in [-0.3, -0.25) is 0 Å². The van der Waals surface area contributed by atoms with Gasteiger partial charge >= 0.3 is 192 Å². The summed E-state index contributed by atoms with van der Waals surface area (Å²) in [6, 6.07) is -1.12. The van der Waals surface area contributed by atoms with E-state index in [0.717, 1.165) is 63.2 Å². The van der Waals surface area contributed by atoms with Crippen LogP contribution >= 0.6 is 186 Å². The molecule has 0 radical (unpaired) electrons. The second kappa shape index (κ2) is 46.0. The highest BCUT2D eigenvalue weighted by atomic mass is 31.3. The van der Waals surface area contributed by atoms with Crippen molar-refractivity contribution in [2.75, 3.05) is 153 Å². The summed E-state index contributed by atoms with van der Waals surface area (Å²) in [5, 5.41) is 0. The third kappa shape index (κ3) is 38.9. The average Bonchev–Trinajstić information content (AvgIpc) is 0.987. The first-order valence-corrected chi connectivity index (χ1v) is 70.1. The number of alkyl halides is 3. The molecular weight excluding hydrogens is 2380 g/mol. The zero-order chi connectivity index (χ0) is 105. The third-order valence-electron chi connectivity index (χ3n) is 14.3. The van der Waals surface area contributed by atoms with Gasteiger partial charge in [0.2, 0.25) is 0 Å². The molecule has 0 bridgehead atoms. The predicted octanol–water partition coefficient (Wildman–Crippen LogP) is 44.2. The highest BCUT2D eigenvalue weighted by Crippen LogP contribution is 2.90. The van der Waals surface area contributed by atoms with E-state index in [4.69, 9.17) is 0 Å². The first kappa shape index (κ1) is 130. The SMILES string of the molecule is CC(C)N(C(C)C)P1(F)=NP(F)(F)=NP(F)(F)=N1.CCN(C)P1(F)=NP(F)(F)=NP(F)(F)=N1.CCN(C)P1(F)=NP(F)(F)=NP(F)(N(C)C)=N1.CN(C)P1(F)=NP(F)(F)=NP(F)(F)=N1.CN(C)P1(F)=NP(F)(F)=NP(F)(N(C)C)=N1.CN(C)P1(F)=NP(F)(N(C)C)=NP(F)(N(C)C)=N1.CN(CC(F)(F)F)P1(F)=NP(F)(F)=NP(F)(F)=N1.FP1(F)=NP(F)(F)=NP(F)(N2CCCC2)=N1. The maximum absolute atomic E-state index is 14.6. The van der Waals surface area contributed by atoms with Gasteiger partial charge < -0.3 is 0 Å². The van der Waals surface area contributed by atoms with Crippen LogP contribution in [0.15, 0.2) is 108 Å². The van der Waals surface area contributed by atoms with E-state index in [-0.39, 0.29) is 30.8 Å². The smallest absolute Gasteiger partial charge is 0.232 e. The fraction of sp³-hybridized carbons (Fsp3) is 1.00. The molecular formula is C33H85F39N36P24. The monoisotopic (exact) mass is 2470 g/mol. The Morgan fingerprint density at radius 2 is 0.386 bits per heavy atom. The molecule has 0 aliphatic carbocycles. The second-order valence-electron chi connectivity index (χ2n) is 27.1. The van der Waals surface area contributed by atoms with Crippen molar-refractivity contribution in [2.24, 2.45) is 108 Å². The Labute approximate surface area is 736 Å². The summed E-state index contributed by atoms with van der Waals surface area (Å²) in [5.41, 5.74) is 0. The summed E-state index contributed by atoms with van der Waals surface area (Å²) >= 11 is 0. The van der Waals surface area contributed by atoms with Crippen molar-refractivity contribution in [1.29, 1.82) is 0 Å². The van der Waals surface area contributed by atoms with Crippen LogP contribution < -0.4 is 0 Å². The molecule has 0 aromatic rings. The number of hydrogen-bond donors (Lipinski definition) is 0. The number of rotatable bonds is 17. The van der Waals surface area contributed by atoms with Crippen molar-refractivity contribution in [3.05, 3.63) is 0 Å². The van der Waals surface area contributed by atoms with E-state index >= 15 is 0 Å². The Hall–Kier alpha value is 2.31. The normalized spacial score (nSPS) is 34.9. The molecule has 9 aliphatic rings. The van der Waals surface area contributed by atoms with Crippen LogP contribution in [0.25, 0.3) is 0 Å². The van der Waals surface area contributed by atoms with Gasteiger partial charge in [-0.1, -0.05) is 13.8 Å². The molecule has 0 amide bonds. The zero-order valence-electron chi connectivity index (χ0n) is 71.2. The minimum Gasteiger partial charge on any atom is -0.232 e. The van der Waals surface area contributed by atoms with Gasteiger partial charge in [0, 0.05) is 38.3 Å². The number of halogens is 39. The van der Waals surface area contributed by atoms with Crippen LogP contribution in [0.5, 0.6) is 0 Å². The molecule has 99 heteroatoms. The Bertz CT molecular complexity index is 5590. The molecule has 9 aliphatic heterocycles. The van der Waals surface area contributed by atoms with E-state index in [0.29, 0.717) is 29.2 Å². The van der Waals surface area contributed by atoms with Crippen LogP contribution in [0.4, 0.5) is 164 Å². The van der Waals surface area contributed by atoms with Gasteiger partial charge in [-0.05, 0) is 160 Å². The van der Waals surface area contributed by atoms with E-state index in [1.807, 2.05) is 18.1 Å². The highest BCUT2D eigenvalue weighted by Gasteiger charge is 2.51. The second-order valence-corrected chi connectivity index (χ2v) is 75.8. The van der Waals surface area contributed by atoms with Crippen LogP contribution in [0.3, 0.4) is 0 Å². The lowest BCUT2D eigenvalue weighted by atomic mass is 10.3. The fourth-order valence-electron chi connectivity index (χ4n) is 8.30. The predicted molar refractivity (Wildman–Crippen MR) is 468 cm³/mol. The van der Waals surface area contributed by atoms with Gasteiger partial charge in [-0.15, -0.1) is 187 Å². The summed E-state index contributed by atoms with van der Waals surface area (Å²) in [4.78, 5) is 0. The van der Waals surface area contributed by atoms with Crippen molar-refractivity contribution in [1.82, 2.24) is 56.0 Å². The van der Waals surface area contributed by atoms with E-state index in [9.17, 15) is 164 Å². The lowest BCUT2D eigenvalue weighted by Gasteiger charge is -2.34. The van der Waals surface area contributed by atoms with Gasteiger partial charge in [0.15, 0.2) is 0 Å². The summed E-state index contributed by atoms with van der Waals surface area (Å²) in [5.74, 6) is 0. The molecule has 132 heavy (non-hydrogen) atoms. The number of hydrogen-bond acceptors (Lipinski definition) is 36. The summed E-state index contributed by atoms with van der Waals surface area (Å²) in [6.07, 6.45) is -3.78. The molecule has 9 heterocycles. The van der Waals surface area contributed by atoms with Crippen LogP contribution in [-0.2, 0) is 0 Å². The van der Waals surface area contributed by atoms with Gasteiger partial charge in [-0.2, -0.15) is 86.1 Å². The largest absolute Gasteiger partial charge is 0.424 e. The standard InChI is InChI=1S/C6H14F5N4P3.C6H18F3N6P3.C5H14F4N5P3.C4H8F5N4P3.C4H12F4N5P3.C3H5F8N4P3.C3H8F5N4P3.C2H6F5N4P3/c1-5(2)15(6(3)4)18(11)13-16(7,8)12-17(9,10)14-18;1-13(2)16(7)10-17(8,14(3)4)12-18(9,11-16)15(5)6;1-5-14(4)17(9)11-15(6,7)10-16(8,12-17)13(2)3;5-14(6)10-15(7,8)12-16(9,11-14)13-3-1-2-4-13;1-12(2)15(7)9-14(5,6)10-16(8,11-15)13(3)4;1-15(2-3(4,5)6)18(11)13-16(7,8)12-17(9,10)14-18;1-3-12(2)15(8)10-13(4,5)9-14(6,7)11-15;1-11(2)14(7)9-12(3,4)8-13(5,6)10-14/h5-6H,1-4H3;1-6H3;5H2,1-4H3;1-4H2;1-4H3;2H2,1H3;3H2,1-2H3;1-2H3. The molecule has 0 saturated carbocycles. The molecule has 9 rings (SSSR count). The molecule has 0 aromatic carbocycles. The first-order valence-electron chi connectivity index (χ1n) is 33.9. The van der Waals surface area contributed by atoms with Gasteiger partial charge in [0.25, 0.3) is 0 Å². The Morgan fingerprint density at radius 3 is 0.614 bits per heavy atom. The van der Waals surface area contributed by atoms with E-state index < -0.39 is 211 Å². The molecule has 36 nitrogen and oxygen atoms in total. The highest BCUT2D eigenvalue weighted by molar-refractivity contribution is 7.84. The van der Waals surface area contributed by atoms with Crippen LogP contribution in [0.1, 0.15) is 54.4 Å². The molecule has 0 spiro atoms. The van der Waals surface area contributed by atoms with Crippen molar-refractivity contribution >= 4 is 186 Å². The topological polar surface area (TPSA) is 336 Å². The van der Waals surface area contributed by atoms with E-state index in [1.165, 1.54) is 126 Å². The summed E-state index contributed by atoms with van der Waals surface area (Å²) < 4.78 is 585. The minimum atomic E-state index is -5.98. The molecule has 0 N–H and O–H groups in total. The lowest BCUT2D eigenvalue weighted by Crippen LogP contribution is -2.32. The summed E-state index contributed by atoms with van der Waals surface area (Å²) in [7, 11) is -100. The van der Waals surface area contributed by atoms with Crippen molar-refractivity contribution in [2.45, 2.75) is 72.6 Å². The fourth-order valence-corrected chi connectivity index (χ4v) is 62.7. The molecule has 1 fully saturated rings. The molecule has 9 atom stereocenters. The van der Waals surface area contributed by atoms with Crippen molar-refractivity contribution in [3.8, 4) is 0 Å². The Balaban J connectivity index is 0.000000511. The average molecular weight is 2470 g/mol. The zero-order valence-corrected chi connectivity index (χ0v) is 92.6. The van der Waals surface area contributed by atoms with Gasteiger partial charge in [0.1, 0.15) is 6.54 Å². The van der Waals surface area contributed by atoms with Gasteiger partial charge in [-0.25, -0.2) is 56.0 Å². The first-order chi connectivity index (χ1) is 58.0. The van der Waals surface area contributed by atoms with E-state index in [1.54, 1.807) is 11.4 Å². The molecule has 9 unspecified atom stereocenters. The van der Waals surface area contributed by atoms with Crippen molar-refractivity contribution < 1.29 is 164 Å². The Morgan fingerprint density at radius 1 is 0.220 bits per heavy atom. The van der Waals surface area contributed by atoms with Crippen molar-refractivity contribution in [3.63, 3.8) is 0 Å². The minimum absolute atomic E-state index is 0.0305. The summed E-state index contributed by atoms with van der Waals surface area (Å²) in [6.45, 7) is 7.45. The van der Waals surface area contributed by atoms with E-state index in [2.05, 4.69) is 85.8 Å². The quantitative estimate of drug-likeness (QED) is 0.0969. The number of nitrogens with zero attached hydrogens (tertiary/aromatic N) is 36.